The summed E-state index contributed by atoms with van der Waals surface area (Å²) in [6.45, 7) is 1.89. The highest BCUT2D eigenvalue weighted by Crippen LogP contribution is 2.46. The number of halogens is 4. The Morgan fingerprint density at radius 2 is 2.00 bits per heavy atom. The number of carbonyl (C=O) groups is 1. The van der Waals surface area contributed by atoms with Gasteiger partial charge in [-0.2, -0.15) is 23.4 Å². The second-order valence-corrected chi connectivity index (χ2v) is 8.36. The van der Waals surface area contributed by atoms with Gasteiger partial charge in [0.25, 0.3) is 0 Å². The molecule has 11 heteroatoms. The van der Waals surface area contributed by atoms with Crippen molar-refractivity contribution in [3.63, 3.8) is 0 Å². The molecular formula is C21H21BrF3N5O2. The Hall–Kier alpha value is -2.82. The number of aromatic nitrogens is 4. The number of hydrogen-bond donors (Lipinski definition) is 1. The van der Waals surface area contributed by atoms with Gasteiger partial charge in [0.05, 0.1) is 28.2 Å². The van der Waals surface area contributed by atoms with Crippen LogP contribution in [0.15, 0.2) is 41.1 Å². The van der Waals surface area contributed by atoms with Crippen molar-refractivity contribution in [2.75, 3.05) is 5.32 Å². The van der Waals surface area contributed by atoms with Crippen molar-refractivity contribution in [3.8, 4) is 5.75 Å². The Labute approximate surface area is 190 Å². The van der Waals surface area contributed by atoms with Gasteiger partial charge in [0.1, 0.15) is 12.3 Å². The van der Waals surface area contributed by atoms with E-state index < -0.39 is 17.8 Å². The van der Waals surface area contributed by atoms with E-state index in [-0.39, 0.29) is 23.7 Å². The van der Waals surface area contributed by atoms with E-state index in [1.807, 2.05) is 24.3 Å². The lowest BCUT2D eigenvalue weighted by Gasteiger charge is -2.08. The van der Waals surface area contributed by atoms with Gasteiger partial charge in [-0.25, -0.2) is 4.68 Å². The van der Waals surface area contributed by atoms with Crippen molar-refractivity contribution in [3.05, 3.63) is 58.1 Å². The maximum atomic E-state index is 13.2. The first kappa shape index (κ1) is 22.4. The normalized spacial score (nSPS) is 13.9. The van der Waals surface area contributed by atoms with Gasteiger partial charge < -0.3 is 10.1 Å². The third-order valence-corrected chi connectivity index (χ3v) is 5.85. The molecule has 1 aliphatic rings. The number of rotatable bonds is 8. The summed E-state index contributed by atoms with van der Waals surface area (Å²) in [5, 5.41) is 10.4. The summed E-state index contributed by atoms with van der Waals surface area (Å²) in [6, 6.07) is 7.72. The number of amides is 1. The topological polar surface area (TPSA) is 74.0 Å². The number of hydrogen-bond acceptors (Lipinski definition) is 4. The molecular weight excluding hydrogens is 491 g/mol. The van der Waals surface area contributed by atoms with E-state index in [1.54, 1.807) is 6.20 Å². The van der Waals surface area contributed by atoms with E-state index in [2.05, 4.69) is 38.4 Å². The predicted molar refractivity (Wildman–Crippen MR) is 114 cm³/mol. The maximum Gasteiger partial charge on any atom is 0.436 e. The average molecular weight is 512 g/mol. The van der Waals surface area contributed by atoms with E-state index in [9.17, 15) is 18.0 Å². The molecule has 1 aromatic carbocycles. The highest BCUT2D eigenvalue weighted by molar-refractivity contribution is 9.10. The van der Waals surface area contributed by atoms with E-state index in [1.165, 1.54) is 16.4 Å². The van der Waals surface area contributed by atoms with Crippen molar-refractivity contribution in [1.29, 1.82) is 0 Å². The first-order valence-corrected chi connectivity index (χ1v) is 10.9. The lowest BCUT2D eigenvalue weighted by atomic mass is 10.2. The molecule has 0 unspecified atom stereocenters. The fourth-order valence-electron chi connectivity index (χ4n) is 3.30. The van der Waals surface area contributed by atoms with Crippen LogP contribution < -0.4 is 10.1 Å². The maximum absolute atomic E-state index is 13.2. The van der Waals surface area contributed by atoms with Gasteiger partial charge in [0, 0.05) is 5.92 Å². The monoisotopic (exact) mass is 511 g/mol. The zero-order valence-electron chi connectivity index (χ0n) is 17.2. The Kier molecular flexibility index (Phi) is 6.27. The molecule has 2 aromatic heterocycles. The lowest BCUT2D eigenvalue weighted by molar-refractivity contribution is -0.142. The van der Waals surface area contributed by atoms with Crippen molar-refractivity contribution in [2.24, 2.45) is 0 Å². The van der Waals surface area contributed by atoms with E-state index in [0.29, 0.717) is 17.1 Å². The molecule has 0 bridgehead atoms. The number of nitrogens with zero attached hydrogens (tertiary/aromatic N) is 4. The van der Waals surface area contributed by atoms with Crippen LogP contribution in [0.2, 0.25) is 0 Å². The van der Waals surface area contributed by atoms with Crippen molar-refractivity contribution in [2.45, 2.75) is 51.6 Å². The Bertz CT molecular complexity index is 1100. The molecule has 0 atom stereocenters. The molecule has 4 rings (SSSR count). The third-order valence-electron chi connectivity index (χ3n) is 5.07. The molecule has 0 aliphatic heterocycles. The lowest BCUT2D eigenvalue weighted by Crippen LogP contribution is -2.21. The molecule has 1 amide bonds. The molecule has 2 heterocycles. The van der Waals surface area contributed by atoms with Gasteiger partial charge in [-0.15, -0.1) is 0 Å². The molecule has 0 radical (unpaired) electrons. The van der Waals surface area contributed by atoms with Gasteiger partial charge >= 0.3 is 6.18 Å². The number of carbonyl (C=O) groups excluding carboxylic acids is 1. The summed E-state index contributed by atoms with van der Waals surface area (Å²) in [6.07, 6.45) is 0.928. The van der Waals surface area contributed by atoms with Crippen LogP contribution in [0.1, 0.15) is 42.6 Å². The molecule has 7 nitrogen and oxygen atoms in total. The average Bonchev–Trinajstić information content (AvgIpc) is 3.38. The molecule has 1 saturated carbocycles. The number of alkyl halides is 3. The van der Waals surface area contributed by atoms with Gasteiger partial charge in [-0.3, -0.25) is 9.48 Å². The number of aryl methyl sites for hydroxylation is 1. The second kappa shape index (κ2) is 8.97. The van der Waals surface area contributed by atoms with Gasteiger partial charge in [-0.05, 0) is 52.9 Å². The van der Waals surface area contributed by atoms with E-state index in [4.69, 9.17) is 4.74 Å². The molecule has 1 aliphatic carbocycles. The van der Waals surface area contributed by atoms with Gasteiger partial charge in [0.15, 0.2) is 12.4 Å². The molecule has 0 spiro atoms. The predicted octanol–water partition coefficient (Wildman–Crippen LogP) is 4.98. The number of nitrogens with one attached hydrogen (secondary N) is 1. The quantitative estimate of drug-likeness (QED) is 0.463. The van der Waals surface area contributed by atoms with Crippen molar-refractivity contribution >= 4 is 27.5 Å². The molecule has 0 saturated heterocycles. The van der Waals surface area contributed by atoms with E-state index in [0.717, 1.165) is 23.9 Å². The van der Waals surface area contributed by atoms with Crippen LogP contribution >= 0.6 is 15.9 Å². The number of ether oxygens (including phenoxy) is 1. The summed E-state index contributed by atoms with van der Waals surface area (Å²) in [7, 11) is 0. The zero-order valence-corrected chi connectivity index (χ0v) is 18.8. The van der Waals surface area contributed by atoms with Crippen LogP contribution in [0.25, 0.3) is 0 Å². The third kappa shape index (κ3) is 5.14. The number of anilines is 1. The van der Waals surface area contributed by atoms with Crippen LogP contribution in [-0.2, 0) is 30.7 Å². The van der Waals surface area contributed by atoms with Crippen LogP contribution in [0.4, 0.5) is 18.9 Å². The summed E-state index contributed by atoms with van der Waals surface area (Å²) in [4.78, 5) is 12.5. The number of benzene rings is 1. The minimum Gasteiger partial charge on any atom is -0.471 e. The minimum atomic E-state index is -4.60. The smallest absolute Gasteiger partial charge is 0.436 e. The first-order valence-electron chi connectivity index (χ1n) is 10.1. The first-order chi connectivity index (χ1) is 15.2. The van der Waals surface area contributed by atoms with Crippen LogP contribution in [0.5, 0.6) is 5.75 Å². The molecule has 3 aromatic rings. The fraction of sp³-hybridized carbons (Fsp3) is 0.381. The Balaban J connectivity index is 1.37. The fourth-order valence-corrected chi connectivity index (χ4v) is 4.13. The van der Waals surface area contributed by atoms with Crippen LogP contribution in [-0.4, -0.2) is 25.5 Å². The summed E-state index contributed by atoms with van der Waals surface area (Å²) < 4.78 is 47.9. The zero-order chi connectivity index (χ0) is 22.9. The summed E-state index contributed by atoms with van der Waals surface area (Å²) in [5.41, 5.74) is 1.02. The Morgan fingerprint density at radius 1 is 1.28 bits per heavy atom. The van der Waals surface area contributed by atoms with E-state index >= 15 is 0 Å². The highest BCUT2D eigenvalue weighted by atomic mass is 79.9. The summed E-state index contributed by atoms with van der Waals surface area (Å²) >= 11 is 3.02. The van der Waals surface area contributed by atoms with Crippen molar-refractivity contribution < 1.29 is 22.7 Å². The SMILES string of the molecule is CCc1ccc(OCn2cc(NC(=O)Cn3nc(C(F)(F)F)c(Br)c3C3CC3)cn2)cc1. The van der Waals surface area contributed by atoms with Gasteiger partial charge in [0.2, 0.25) is 5.91 Å². The van der Waals surface area contributed by atoms with Crippen molar-refractivity contribution in [1.82, 2.24) is 19.6 Å². The Morgan fingerprint density at radius 3 is 2.62 bits per heavy atom. The largest absolute Gasteiger partial charge is 0.471 e. The summed E-state index contributed by atoms with van der Waals surface area (Å²) in [5.74, 6) is 0.180. The molecule has 32 heavy (non-hydrogen) atoms. The second-order valence-electron chi connectivity index (χ2n) is 7.57. The van der Waals surface area contributed by atoms with Crippen LogP contribution in [0, 0.1) is 0 Å². The molecule has 1 N–H and O–H groups in total. The standard InChI is InChI=1S/C21H21BrF3N5O2/c1-2-13-3-7-16(8-4-13)32-12-29-10-15(9-26-29)27-17(31)11-30-19(14-5-6-14)18(22)20(28-30)21(23,24)25/h3-4,7-10,14H,2,5-6,11-12H2,1H3,(H,27,31). The molecule has 1 fully saturated rings. The minimum absolute atomic E-state index is 0.0212. The molecule has 170 valence electrons. The highest BCUT2D eigenvalue weighted by Gasteiger charge is 2.41. The van der Waals surface area contributed by atoms with Gasteiger partial charge in [-0.1, -0.05) is 19.1 Å². The van der Waals surface area contributed by atoms with Crippen LogP contribution in [0.3, 0.4) is 0 Å².